The van der Waals surface area contributed by atoms with Crippen molar-refractivity contribution in [2.75, 3.05) is 0 Å². The van der Waals surface area contributed by atoms with E-state index in [9.17, 15) is 4.39 Å². The van der Waals surface area contributed by atoms with Gasteiger partial charge in [0.2, 0.25) is 0 Å². The van der Waals surface area contributed by atoms with Gasteiger partial charge in [0.1, 0.15) is 5.82 Å². The van der Waals surface area contributed by atoms with Gasteiger partial charge in [-0.1, -0.05) is 22.0 Å². The lowest BCUT2D eigenvalue weighted by molar-refractivity contribution is 0.604. The van der Waals surface area contributed by atoms with Crippen LogP contribution in [0.1, 0.15) is 11.1 Å². The van der Waals surface area contributed by atoms with Crippen LogP contribution in [0.2, 0.25) is 0 Å². The van der Waals surface area contributed by atoms with Crippen LogP contribution >= 0.6 is 15.9 Å². The maximum Gasteiger partial charge on any atom is 0.131 e. The first-order valence-electron chi connectivity index (χ1n) is 3.47. The van der Waals surface area contributed by atoms with E-state index in [0.29, 0.717) is 15.6 Å². The molecule has 0 bridgehead atoms. The number of nitrogens with zero attached hydrogens (tertiary/aromatic N) is 1. The SMILES string of the molecule is Cc1ccc(Br)c(CC#N)c1F. The van der Waals surface area contributed by atoms with E-state index < -0.39 is 0 Å². The lowest BCUT2D eigenvalue weighted by atomic mass is 10.1. The molecule has 0 unspecified atom stereocenters. The van der Waals surface area contributed by atoms with Crippen molar-refractivity contribution in [1.29, 1.82) is 5.26 Å². The van der Waals surface area contributed by atoms with Crippen molar-refractivity contribution in [2.24, 2.45) is 0 Å². The molecule has 0 N–H and O–H groups in total. The van der Waals surface area contributed by atoms with E-state index in [1.54, 1.807) is 19.1 Å². The van der Waals surface area contributed by atoms with Crippen LogP contribution in [0.15, 0.2) is 16.6 Å². The molecule has 0 aliphatic rings. The molecule has 0 atom stereocenters. The number of hydrogen-bond acceptors (Lipinski definition) is 1. The molecule has 62 valence electrons. The van der Waals surface area contributed by atoms with Crippen molar-refractivity contribution >= 4 is 15.9 Å². The zero-order valence-electron chi connectivity index (χ0n) is 6.56. The molecule has 0 fully saturated rings. The van der Waals surface area contributed by atoms with Gasteiger partial charge in [-0.2, -0.15) is 5.26 Å². The van der Waals surface area contributed by atoms with Crippen molar-refractivity contribution in [3.63, 3.8) is 0 Å². The average molecular weight is 228 g/mol. The molecular weight excluding hydrogens is 221 g/mol. The maximum absolute atomic E-state index is 13.3. The molecule has 1 nitrogen and oxygen atoms in total. The van der Waals surface area contributed by atoms with Gasteiger partial charge in [-0.25, -0.2) is 4.39 Å². The number of nitriles is 1. The number of rotatable bonds is 1. The van der Waals surface area contributed by atoms with Crippen LogP contribution in [0.4, 0.5) is 4.39 Å². The quantitative estimate of drug-likeness (QED) is 0.724. The summed E-state index contributed by atoms with van der Waals surface area (Å²) in [7, 11) is 0. The second-order valence-corrected chi connectivity index (χ2v) is 3.35. The maximum atomic E-state index is 13.3. The smallest absolute Gasteiger partial charge is 0.131 e. The highest BCUT2D eigenvalue weighted by Crippen LogP contribution is 2.22. The molecule has 0 aliphatic heterocycles. The standard InChI is InChI=1S/C9H7BrFN/c1-6-2-3-8(10)7(4-5-12)9(6)11/h2-3H,4H2,1H3. The highest BCUT2D eigenvalue weighted by atomic mass is 79.9. The van der Waals surface area contributed by atoms with Crippen LogP contribution < -0.4 is 0 Å². The monoisotopic (exact) mass is 227 g/mol. The van der Waals surface area contributed by atoms with Gasteiger partial charge in [-0.15, -0.1) is 0 Å². The molecular formula is C9H7BrFN. The summed E-state index contributed by atoms with van der Waals surface area (Å²) in [6, 6.07) is 5.36. The number of halogens is 2. The van der Waals surface area contributed by atoms with Gasteiger partial charge in [0.15, 0.2) is 0 Å². The Morgan fingerprint density at radius 3 is 2.83 bits per heavy atom. The first-order valence-corrected chi connectivity index (χ1v) is 4.26. The second-order valence-electron chi connectivity index (χ2n) is 2.49. The van der Waals surface area contributed by atoms with Crippen LogP contribution in [0, 0.1) is 24.1 Å². The number of hydrogen-bond donors (Lipinski definition) is 0. The van der Waals surface area contributed by atoms with Gasteiger partial charge in [0, 0.05) is 10.0 Å². The van der Waals surface area contributed by atoms with E-state index in [1.165, 1.54) is 0 Å². The van der Waals surface area contributed by atoms with Gasteiger partial charge in [0.05, 0.1) is 12.5 Å². The lowest BCUT2D eigenvalue weighted by Gasteiger charge is -2.03. The molecule has 1 aromatic carbocycles. The Morgan fingerprint density at radius 1 is 1.58 bits per heavy atom. The van der Waals surface area contributed by atoms with Crippen LogP contribution in [0.3, 0.4) is 0 Å². The topological polar surface area (TPSA) is 23.8 Å². The summed E-state index contributed by atoms with van der Waals surface area (Å²) in [6.45, 7) is 1.68. The first-order chi connectivity index (χ1) is 5.66. The molecule has 0 aliphatic carbocycles. The molecule has 1 rings (SSSR count). The van der Waals surface area contributed by atoms with E-state index in [1.807, 2.05) is 6.07 Å². The van der Waals surface area contributed by atoms with Crippen molar-refractivity contribution in [1.82, 2.24) is 0 Å². The van der Waals surface area contributed by atoms with Crippen molar-refractivity contribution in [3.05, 3.63) is 33.5 Å². The molecule has 0 radical (unpaired) electrons. The Kier molecular flexibility index (Phi) is 2.83. The zero-order chi connectivity index (χ0) is 9.14. The predicted molar refractivity (Wildman–Crippen MR) is 48.2 cm³/mol. The van der Waals surface area contributed by atoms with Crippen LogP contribution in [0.5, 0.6) is 0 Å². The van der Waals surface area contributed by atoms with Crippen LogP contribution in [0.25, 0.3) is 0 Å². The van der Waals surface area contributed by atoms with Gasteiger partial charge in [-0.3, -0.25) is 0 Å². The fraction of sp³-hybridized carbons (Fsp3) is 0.222. The van der Waals surface area contributed by atoms with E-state index in [2.05, 4.69) is 15.9 Å². The fourth-order valence-electron chi connectivity index (χ4n) is 0.956. The van der Waals surface area contributed by atoms with Gasteiger partial charge >= 0.3 is 0 Å². The summed E-state index contributed by atoms with van der Waals surface area (Å²) in [5, 5.41) is 8.42. The second kappa shape index (κ2) is 3.68. The molecule has 3 heteroatoms. The Morgan fingerprint density at radius 2 is 2.25 bits per heavy atom. The highest BCUT2D eigenvalue weighted by Gasteiger charge is 2.08. The minimum absolute atomic E-state index is 0.105. The normalized spacial score (nSPS) is 9.50. The molecule has 0 aromatic heterocycles. The first kappa shape index (κ1) is 9.21. The summed E-state index contributed by atoms with van der Waals surface area (Å²) in [5.74, 6) is -0.286. The summed E-state index contributed by atoms with van der Waals surface area (Å²) < 4.78 is 13.9. The van der Waals surface area contributed by atoms with Crippen molar-refractivity contribution < 1.29 is 4.39 Å². The third kappa shape index (κ3) is 1.64. The Hall–Kier alpha value is -0.880. The summed E-state index contributed by atoms with van der Waals surface area (Å²) in [5.41, 5.74) is 1.01. The molecule has 0 spiro atoms. The molecule has 0 saturated carbocycles. The molecule has 0 heterocycles. The summed E-state index contributed by atoms with van der Waals surface area (Å²) in [4.78, 5) is 0. The van der Waals surface area contributed by atoms with Crippen molar-refractivity contribution in [3.8, 4) is 6.07 Å². The van der Waals surface area contributed by atoms with E-state index in [0.717, 1.165) is 0 Å². The number of aryl methyl sites for hydroxylation is 1. The third-order valence-electron chi connectivity index (χ3n) is 1.63. The molecule has 12 heavy (non-hydrogen) atoms. The highest BCUT2D eigenvalue weighted by molar-refractivity contribution is 9.10. The van der Waals surface area contributed by atoms with Gasteiger partial charge in [0.25, 0.3) is 0 Å². The van der Waals surface area contributed by atoms with E-state index in [-0.39, 0.29) is 12.2 Å². The van der Waals surface area contributed by atoms with Gasteiger partial charge < -0.3 is 0 Å². The van der Waals surface area contributed by atoms with Crippen LogP contribution in [-0.4, -0.2) is 0 Å². The minimum Gasteiger partial charge on any atom is -0.206 e. The fourth-order valence-corrected chi connectivity index (χ4v) is 1.40. The van der Waals surface area contributed by atoms with Crippen molar-refractivity contribution in [2.45, 2.75) is 13.3 Å². The summed E-state index contributed by atoms with van der Waals surface area (Å²) >= 11 is 3.19. The summed E-state index contributed by atoms with van der Waals surface area (Å²) in [6.07, 6.45) is 0.105. The zero-order valence-corrected chi connectivity index (χ0v) is 8.15. The molecule has 1 aromatic rings. The van der Waals surface area contributed by atoms with E-state index in [4.69, 9.17) is 5.26 Å². The predicted octanol–water partition coefficient (Wildman–Crippen LogP) is 2.96. The van der Waals surface area contributed by atoms with Crippen LogP contribution in [-0.2, 0) is 6.42 Å². The average Bonchev–Trinajstić information content (AvgIpc) is 2.06. The van der Waals surface area contributed by atoms with Gasteiger partial charge in [-0.05, 0) is 18.6 Å². The number of benzene rings is 1. The third-order valence-corrected chi connectivity index (χ3v) is 2.38. The largest absolute Gasteiger partial charge is 0.206 e. The lowest BCUT2D eigenvalue weighted by Crippen LogP contribution is -1.93. The van der Waals surface area contributed by atoms with E-state index >= 15 is 0 Å². The molecule has 0 amide bonds. The molecule has 0 saturated heterocycles. The minimum atomic E-state index is -0.286. The Bertz CT molecular complexity index is 341. The Balaban J connectivity index is 3.25. The Labute approximate surface area is 79.0 Å².